The summed E-state index contributed by atoms with van der Waals surface area (Å²) in [6.45, 7) is 4.73. The van der Waals surface area contributed by atoms with Crippen molar-refractivity contribution in [2.75, 3.05) is 0 Å². The highest BCUT2D eigenvalue weighted by Crippen LogP contribution is 2.53. The normalized spacial score (nSPS) is 13.2. The molecule has 10 aromatic rings. The van der Waals surface area contributed by atoms with Crippen LogP contribution in [-0.2, 0) is 5.41 Å². The van der Waals surface area contributed by atoms with Gasteiger partial charge in [0.1, 0.15) is 11.2 Å². The van der Waals surface area contributed by atoms with Crippen LogP contribution in [0.25, 0.3) is 94.5 Å². The average molecular weight is 680 g/mol. The lowest BCUT2D eigenvalue weighted by molar-refractivity contribution is 0.664. The smallest absolute Gasteiger partial charge is 0.160 e. The summed E-state index contributed by atoms with van der Waals surface area (Å²) in [5.74, 6) is 0.694. The van der Waals surface area contributed by atoms with Crippen LogP contribution >= 0.6 is 0 Å². The highest BCUT2D eigenvalue weighted by Gasteiger charge is 2.38. The van der Waals surface area contributed by atoms with Gasteiger partial charge in [-0.3, -0.25) is 0 Å². The molecular formula is C49H33N3O. The van der Waals surface area contributed by atoms with Gasteiger partial charge in [-0.15, -0.1) is 0 Å². The van der Waals surface area contributed by atoms with E-state index in [9.17, 15) is 0 Å². The number of hydrogen-bond donors (Lipinski definition) is 0. The molecule has 3 heterocycles. The number of hydrogen-bond acceptors (Lipinski definition) is 3. The molecule has 53 heavy (non-hydrogen) atoms. The monoisotopic (exact) mass is 679 g/mol. The second-order valence-electron chi connectivity index (χ2n) is 14.6. The maximum atomic E-state index is 6.14. The van der Waals surface area contributed by atoms with Crippen molar-refractivity contribution < 1.29 is 4.42 Å². The number of fused-ring (bicyclic) bond motifs is 10. The lowest BCUT2D eigenvalue weighted by Crippen LogP contribution is -2.16. The largest absolute Gasteiger partial charge is 0.456 e. The van der Waals surface area contributed by atoms with E-state index in [-0.39, 0.29) is 5.41 Å². The fourth-order valence-corrected chi connectivity index (χ4v) is 8.71. The molecule has 0 N–H and O–H groups in total. The van der Waals surface area contributed by atoms with Crippen molar-refractivity contribution in [3.63, 3.8) is 0 Å². The Morgan fingerprint density at radius 2 is 1.17 bits per heavy atom. The lowest BCUT2D eigenvalue weighted by Gasteiger charge is -2.23. The molecular weight excluding hydrogens is 647 g/mol. The zero-order valence-electron chi connectivity index (χ0n) is 29.3. The first-order valence-corrected chi connectivity index (χ1v) is 18.2. The summed E-state index contributed by atoms with van der Waals surface area (Å²) in [5.41, 5.74) is 15.4. The molecule has 0 atom stereocenters. The van der Waals surface area contributed by atoms with Gasteiger partial charge in [0.2, 0.25) is 0 Å². The third-order valence-corrected chi connectivity index (χ3v) is 11.2. The zero-order chi connectivity index (χ0) is 35.3. The van der Waals surface area contributed by atoms with Gasteiger partial charge in [0, 0.05) is 49.3 Å². The maximum Gasteiger partial charge on any atom is 0.160 e. The van der Waals surface area contributed by atoms with Crippen LogP contribution in [0.1, 0.15) is 25.0 Å². The number of aromatic nitrogens is 3. The zero-order valence-corrected chi connectivity index (χ0v) is 29.3. The van der Waals surface area contributed by atoms with Crippen molar-refractivity contribution in [3.05, 3.63) is 175 Å². The van der Waals surface area contributed by atoms with E-state index < -0.39 is 0 Å². The molecule has 0 amide bonds. The Kier molecular flexibility index (Phi) is 6.27. The summed E-state index contributed by atoms with van der Waals surface area (Å²) in [4.78, 5) is 10.3. The molecule has 0 saturated carbocycles. The number of rotatable bonds is 4. The summed E-state index contributed by atoms with van der Waals surface area (Å²) in [6, 6.07) is 58.0. The topological polar surface area (TPSA) is 43.9 Å². The highest BCUT2D eigenvalue weighted by molar-refractivity contribution is 6.13. The Morgan fingerprint density at radius 1 is 0.491 bits per heavy atom. The molecule has 0 fully saturated rings. The Labute approximate surface area is 306 Å². The van der Waals surface area contributed by atoms with Crippen LogP contribution in [0.15, 0.2) is 168 Å². The quantitative estimate of drug-likeness (QED) is 0.186. The molecule has 250 valence electrons. The fourth-order valence-electron chi connectivity index (χ4n) is 8.71. The van der Waals surface area contributed by atoms with Crippen molar-refractivity contribution in [3.8, 4) is 50.7 Å². The molecule has 0 aliphatic heterocycles. The molecule has 11 rings (SSSR count). The van der Waals surface area contributed by atoms with Gasteiger partial charge >= 0.3 is 0 Å². The third-order valence-electron chi connectivity index (χ3n) is 11.2. The highest BCUT2D eigenvalue weighted by atomic mass is 16.3. The van der Waals surface area contributed by atoms with Crippen LogP contribution in [0.2, 0.25) is 0 Å². The molecule has 1 aliphatic carbocycles. The number of benzene rings is 7. The van der Waals surface area contributed by atoms with Crippen molar-refractivity contribution in [1.82, 2.24) is 14.5 Å². The van der Waals surface area contributed by atoms with Gasteiger partial charge in [0.15, 0.2) is 5.82 Å². The van der Waals surface area contributed by atoms with Gasteiger partial charge in [-0.1, -0.05) is 129 Å². The summed E-state index contributed by atoms with van der Waals surface area (Å²) in [5, 5.41) is 4.71. The van der Waals surface area contributed by atoms with Crippen LogP contribution < -0.4 is 0 Å². The van der Waals surface area contributed by atoms with Gasteiger partial charge in [-0.25, -0.2) is 9.97 Å². The SMILES string of the molecule is CC1(C)c2ccccc2-c2ccc3c4ccccc4n(-c4ccc(-c5cc(-c6ccc7oc8ccccc8c7c6)nc(-c6ccccc6)n5)cc4)c3c21. The van der Waals surface area contributed by atoms with E-state index >= 15 is 0 Å². The third kappa shape index (κ3) is 4.42. The van der Waals surface area contributed by atoms with Gasteiger partial charge in [0.05, 0.1) is 22.4 Å². The Morgan fingerprint density at radius 3 is 2.02 bits per heavy atom. The number of para-hydroxylation sites is 2. The van der Waals surface area contributed by atoms with Crippen molar-refractivity contribution in [2.45, 2.75) is 19.3 Å². The molecule has 0 bridgehead atoms. The number of furan rings is 1. The molecule has 4 nitrogen and oxygen atoms in total. The first kappa shape index (κ1) is 29.9. The standard InChI is InChI=1S/C49H33N3O/c1-49(2)40-17-9-6-14-34(40)37-25-26-38-35-15-7-10-18-43(35)52(47(38)46(37)49)33-23-20-30(21-24-33)41-29-42(51-48(50-41)31-12-4-3-5-13-31)32-22-27-45-39(28-32)36-16-8-11-19-44(36)53-45/h3-29H,1-2H3. The van der Waals surface area contributed by atoms with Crippen molar-refractivity contribution >= 4 is 43.7 Å². The maximum absolute atomic E-state index is 6.14. The van der Waals surface area contributed by atoms with E-state index in [1.165, 1.54) is 44.1 Å². The first-order chi connectivity index (χ1) is 26.0. The molecule has 0 radical (unpaired) electrons. The molecule has 3 aromatic heterocycles. The van der Waals surface area contributed by atoms with Gasteiger partial charge < -0.3 is 8.98 Å². The fraction of sp³-hybridized carbons (Fsp3) is 0.0612. The van der Waals surface area contributed by atoms with Crippen LogP contribution in [0.4, 0.5) is 0 Å². The van der Waals surface area contributed by atoms with E-state index in [1.807, 2.05) is 36.4 Å². The van der Waals surface area contributed by atoms with Gasteiger partial charge in [0.25, 0.3) is 0 Å². The predicted molar refractivity (Wildman–Crippen MR) is 218 cm³/mol. The van der Waals surface area contributed by atoms with E-state index in [0.29, 0.717) is 5.82 Å². The van der Waals surface area contributed by atoms with Crippen LogP contribution in [-0.4, -0.2) is 14.5 Å². The molecule has 7 aromatic carbocycles. The lowest BCUT2D eigenvalue weighted by atomic mass is 9.81. The van der Waals surface area contributed by atoms with Crippen molar-refractivity contribution in [2.24, 2.45) is 0 Å². The number of nitrogens with zero attached hydrogens (tertiary/aromatic N) is 3. The van der Waals surface area contributed by atoms with Crippen LogP contribution in [0, 0.1) is 0 Å². The second-order valence-corrected chi connectivity index (χ2v) is 14.6. The van der Waals surface area contributed by atoms with E-state index in [2.05, 4.69) is 146 Å². The molecule has 0 saturated heterocycles. The minimum atomic E-state index is -0.144. The molecule has 0 unspecified atom stereocenters. The van der Waals surface area contributed by atoms with E-state index in [1.54, 1.807) is 0 Å². The molecule has 1 aliphatic rings. The minimum Gasteiger partial charge on any atom is -0.456 e. The molecule has 0 spiro atoms. The van der Waals surface area contributed by atoms with Crippen LogP contribution in [0.5, 0.6) is 0 Å². The van der Waals surface area contributed by atoms with E-state index in [0.717, 1.165) is 55.7 Å². The average Bonchev–Trinajstić information content (AvgIpc) is 3.83. The Hall–Kier alpha value is -6.78. The molecule has 4 heteroatoms. The van der Waals surface area contributed by atoms with Gasteiger partial charge in [-0.05, 0) is 70.8 Å². The van der Waals surface area contributed by atoms with Crippen molar-refractivity contribution in [1.29, 1.82) is 0 Å². The van der Waals surface area contributed by atoms with Crippen LogP contribution in [0.3, 0.4) is 0 Å². The summed E-state index contributed by atoms with van der Waals surface area (Å²) in [6.07, 6.45) is 0. The second kappa shape index (κ2) is 11.1. The predicted octanol–water partition coefficient (Wildman–Crippen LogP) is 12.8. The Bertz CT molecular complexity index is 3080. The van der Waals surface area contributed by atoms with Gasteiger partial charge in [-0.2, -0.15) is 0 Å². The first-order valence-electron chi connectivity index (χ1n) is 18.2. The summed E-state index contributed by atoms with van der Waals surface area (Å²) >= 11 is 0. The summed E-state index contributed by atoms with van der Waals surface area (Å²) < 4.78 is 8.61. The Balaban J connectivity index is 1.08. The minimum absolute atomic E-state index is 0.144. The summed E-state index contributed by atoms with van der Waals surface area (Å²) in [7, 11) is 0. The van der Waals surface area contributed by atoms with E-state index in [4.69, 9.17) is 14.4 Å².